The topological polar surface area (TPSA) is 71.3 Å². The molecule has 0 fully saturated rings. The molecule has 0 bridgehead atoms. The van der Waals surface area contributed by atoms with Crippen molar-refractivity contribution in [3.8, 4) is 0 Å². The fraction of sp³-hybridized carbons (Fsp3) is 0.167. The van der Waals surface area contributed by atoms with E-state index in [1.807, 2.05) is 62.6 Å². The van der Waals surface area contributed by atoms with Crippen LogP contribution in [0.4, 0.5) is 5.69 Å². The molecule has 3 aromatic rings. The summed E-state index contributed by atoms with van der Waals surface area (Å²) < 4.78 is 1.71. The molecule has 0 saturated carbocycles. The van der Waals surface area contributed by atoms with Crippen LogP contribution >= 0.6 is 0 Å². The lowest BCUT2D eigenvalue weighted by Crippen LogP contribution is -2.25. The number of nitrogens with one attached hydrogen (secondary N) is 2. The number of benzene rings is 2. The van der Waals surface area contributed by atoms with Gasteiger partial charge >= 0.3 is 0 Å². The van der Waals surface area contributed by atoms with Crippen LogP contribution in [0.25, 0.3) is 10.8 Å². The van der Waals surface area contributed by atoms with Crippen molar-refractivity contribution < 1.29 is 4.79 Å². The van der Waals surface area contributed by atoms with E-state index in [1.165, 1.54) is 0 Å². The third kappa shape index (κ3) is 3.60. The molecule has 0 spiro atoms. The average Bonchev–Trinajstić information content (AvgIpc) is 2.90. The van der Waals surface area contributed by atoms with Gasteiger partial charge in [-0.15, -0.1) is 0 Å². The minimum atomic E-state index is -0.208. The number of hydrogen-bond acceptors (Lipinski definition) is 4. The van der Waals surface area contributed by atoms with E-state index in [4.69, 9.17) is 0 Å². The monoisotopic (exact) mass is 321 g/mol. The first-order chi connectivity index (χ1) is 11.6. The van der Waals surface area contributed by atoms with Crippen molar-refractivity contribution in [2.45, 2.75) is 6.92 Å². The van der Waals surface area contributed by atoms with Crippen LogP contribution in [0.5, 0.6) is 0 Å². The van der Waals surface area contributed by atoms with Gasteiger partial charge in [-0.3, -0.25) is 9.48 Å². The molecule has 0 aliphatic rings. The summed E-state index contributed by atoms with van der Waals surface area (Å²) in [6, 6.07) is 14.0. The molecule has 1 heterocycles. The Bertz CT molecular complexity index is 892. The maximum Gasteiger partial charge on any atom is 0.259 e. The summed E-state index contributed by atoms with van der Waals surface area (Å²) in [6.45, 7) is 2.04. The highest BCUT2D eigenvalue weighted by atomic mass is 16.2. The van der Waals surface area contributed by atoms with Gasteiger partial charge in [-0.25, -0.2) is 5.43 Å². The number of amides is 1. The van der Waals surface area contributed by atoms with E-state index in [-0.39, 0.29) is 12.5 Å². The number of fused-ring (bicyclic) bond motifs is 1. The molecule has 1 amide bonds. The molecule has 2 N–H and O–H groups in total. The lowest BCUT2D eigenvalue weighted by atomic mass is 10.1. The summed E-state index contributed by atoms with van der Waals surface area (Å²) >= 11 is 0. The lowest BCUT2D eigenvalue weighted by Gasteiger charge is -2.08. The molecule has 6 heteroatoms. The molecule has 3 rings (SSSR count). The minimum absolute atomic E-state index is 0.150. The zero-order chi connectivity index (χ0) is 16.9. The van der Waals surface area contributed by atoms with Gasteiger partial charge in [0.15, 0.2) is 0 Å². The summed E-state index contributed by atoms with van der Waals surface area (Å²) in [4.78, 5) is 11.9. The smallest absolute Gasteiger partial charge is 0.259 e. The summed E-state index contributed by atoms with van der Waals surface area (Å²) in [5.41, 5.74) is 5.18. The Morgan fingerprint density at radius 3 is 2.83 bits per heavy atom. The van der Waals surface area contributed by atoms with E-state index >= 15 is 0 Å². The highest BCUT2D eigenvalue weighted by Gasteiger charge is 2.03. The number of carbonyl (C=O) groups is 1. The fourth-order valence-corrected chi connectivity index (χ4v) is 2.51. The molecule has 0 saturated heterocycles. The van der Waals surface area contributed by atoms with E-state index < -0.39 is 0 Å². The molecule has 0 aliphatic carbocycles. The second-order valence-corrected chi connectivity index (χ2v) is 5.52. The van der Waals surface area contributed by atoms with E-state index in [9.17, 15) is 4.79 Å². The van der Waals surface area contributed by atoms with Gasteiger partial charge in [-0.2, -0.15) is 10.2 Å². The summed E-state index contributed by atoms with van der Waals surface area (Å²) in [5, 5.41) is 13.6. The van der Waals surface area contributed by atoms with Crippen LogP contribution in [-0.2, 0) is 11.8 Å². The Balaban J connectivity index is 1.58. The Kier molecular flexibility index (Phi) is 4.56. The number of aromatic nitrogens is 2. The normalized spacial score (nSPS) is 11.1. The number of hydrogen-bond donors (Lipinski definition) is 2. The molecule has 2 aromatic carbocycles. The van der Waals surface area contributed by atoms with E-state index in [0.29, 0.717) is 0 Å². The first-order valence-corrected chi connectivity index (χ1v) is 7.67. The highest BCUT2D eigenvalue weighted by molar-refractivity contribution is 5.95. The van der Waals surface area contributed by atoms with Gasteiger partial charge < -0.3 is 5.32 Å². The van der Waals surface area contributed by atoms with Crippen LogP contribution in [0.3, 0.4) is 0 Å². The van der Waals surface area contributed by atoms with Gasteiger partial charge in [0.25, 0.3) is 5.91 Å². The second kappa shape index (κ2) is 6.95. The molecule has 24 heavy (non-hydrogen) atoms. The van der Waals surface area contributed by atoms with E-state index in [2.05, 4.69) is 20.9 Å². The van der Waals surface area contributed by atoms with Gasteiger partial charge in [0.1, 0.15) is 0 Å². The van der Waals surface area contributed by atoms with Crippen molar-refractivity contribution in [3.63, 3.8) is 0 Å². The van der Waals surface area contributed by atoms with Gasteiger partial charge in [0.05, 0.1) is 18.5 Å². The van der Waals surface area contributed by atoms with Gasteiger partial charge in [0.2, 0.25) is 0 Å². The highest BCUT2D eigenvalue weighted by Crippen LogP contribution is 2.22. The predicted octanol–water partition coefficient (Wildman–Crippen LogP) is 2.44. The number of carbonyl (C=O) groups excluding carboxylic acids is 1. The predicted molar refractivity (Wildman–Crippen MR) is 96.1 cm³/mol. The SMILES string of the molecule is Cc1nn(C)cc1C=NNC(=O)CNc1cccc2ccccc12. The summed E-state index contributed by atoms with van der Waals surface area (Å²) in [6.07, 6.45) is 3.44. The van der Waals surface area contributed by atoms with Crippen LogP contribution in [0.1, 0.15) is 11.3 Å². The third-order valence-corrected chi connectivity index (χ3v) is 3.67. The molecular formula is C18H19N5O. The first-order valence-electron chi connectivity index (χ1n) is 7.67. The van der Waals surface area contributed by atoms with E-state index in [0.717, 1.165) is 27.7 Å². The molecule has 122 valence electrons. The average molecular weight is 321 g/mol. The van der Waals surface area contributed by atoms with Crippen LogP contribution in [0, 0.1) is 6.92 Å². The Labute approximate surface area is 140 Å². The van der Waals surface area contributed by atoms with Gasteiger partial charge in [-0.05, 0) is 18.4 Å². The minimum Gasteiger partial charge on any atom is -0.376 e. The zero-order valence-corrected chi connectivity index (χ0v) is 13.7. The summed E-state index contributed by atoms with van der Waals surface area (Å²) in [5.74, 6) is -0.208. The van der Waals surface area contributed by atoms with E-state index in [1.54, 1.807) is 10.9 Å². The Hall–Kier alpha value is -3.15. The number of aryl methyl sites for hydroxylation is 2. The maximum atomic E-state index is 11.9. The van der Waals surface area contributed by atoms with Crippen molar-refractivity contribution in [3.05, 3.63) is 59.9 Å². The van der Waals surface area contributed by atoms with Gasteiger partial charge in [0, 0.05) is 29.9 Å². The quantitative estimate of drug-likeness (QED) is 0.560. The molecule has 0 aliphatic heterocycles. The largest absolute Gasteiger partial charge is 0.376 e. The van der Waals surface area contributed by atoms with Crippen molar-refractivity contribution in [2.24, 2.45) is 12.1 Å². The van der Waals surface area contributed by atoms with Crippen molar-refractivity contribution in [2.75, 3.05) is 11.9 Å². The van der Waals surface area contributed by atoms with Crippen LogP contribution in [0.15, 0.2) is 53.8 Å². The Morgan fingerprint density at radius 1 is 1.25 bits per heavy atom. The number of rotatable bonds is 5. The number of anilines is 1. The van der Waals surface area contributed by atoms with Crippen molar-refractivity contribution >= 4 is 28.6 Å². The lowest BCUT2D eigenvalue weighted by molar-refractivity contribution is -0.119. The van der Waals surface area contributed by atoms with Crippen LogP contribution < -0.4 is 10.7 Å². The van der Waals surface area contributed by atoms with Crippen LogP contribution in [0.2, 0.25) is 0 Å². The molecule has 0 atom stereocenters. The third-order valence-electron chi connectivity index (χ3n) is 3.67. The number of hydrazone groups is 1. The molecule has 1 aromatic heterocycles. The first kappa shape index (κ1) is 15.7. The summed E-state index contributed by atoms with van der Waals surface area (Å²) in [7, 11) is 1.84. The standard InChI is InChI=1S/C18H19N5O/c1-13-15(12-23(2)22-13)10-20-21-18(24)11-19-17-9-5-7-14-6-3-4-8-16(14)17/h3-10,12,19H,11H2,1-2H3,(H,21,24). The van der Waals surface area contributed by atoms with Crippen molar-refractivity contribution in [1.29, 1.82) is 0 Å². The van der Waals surface area contributed by atoms with Gasteiger partial charge in [-0.1, -0.05) is 36.4 Å². The molecular weight excluding hydrogens is 302 g/mol. The van der Waals surface area contributed by atoms with Crippen LogP contribution in [-0.4, -0.2) is 28.4 Å². The molecule has 0 radical (unpaired) electrons. The maximum absolute atomic E-state index is 11.9. The zero-order valence-electron chi connectivity index (χ0n) is 13.7. The second-order valence-electron chi connectivity index (χ2n) is 5.52. The molecule has 0 unspecified atom stereocenters. The van der Waals surface area contributed by atoms with Crippen molar-refractivity contribution in [1.82, 2.24) is 15.2 Å². The number of nitrogens with zero attached hydrogens (tertiary/aromatic N) is 3. The fourth-order valence-electron chi connectivity index (χ4n) is 2.51. The Morgan fingerprint density at radius 2 is 2.04 bits per heavy atom. The molecule has 6 nitrogen and oxygen atoms in total.